The fourth-order valence-corrected chi connectivity index (χ4v) is 2.96. The summed E-state index contributed by atoms with van der Waals surface area (Å²) in [6, 6.07) is 8.96. The molecule has 0 aromatic heterocycles. The number of urea groups is 1. The Labute approximate surface area is 174 Å². The summed E-state index contributed by atoms with van der Waals surface area (Å²) in [7, 11) is 0. The molecule has 1 fully saturated rings. The van der Waals surface area contributed by atoms with E-state index in [0.29, 0.717) is 10.5 Å². The van der Waals surface area contributed by atoms with E-state index >= 15 is 0 Å². The fraction of sp³-hybridized carbons (Fsp3) is 0.158. The maximum Gasteiger partial charge on any atom is 0.325 e. The number of hydrogen-bond donors (Lipinski definition) is 3. The molecule has 0 radical (unpaired) electrons. The van der Waals surface area contributed by atoms with Gasteiger partial charge in [0.05, 0.1) is 4.92 Å². The van der Waals surface area contributed by atoms with Crippen molar-refractivity contribution in [1.82, 2.24) is 21.1 Å². The van der Waals surface area contributed by atoms with E-state index in [1.165, 1.54) is 37.3 Å². The van der Waals surface area contributed by atoms with E-state index in [1.54, 1.807) is 0 Å². The van der Waals surface area contributed by atoms with Crippen LogP contribution in [0.1, 0.15) is 22.8 Å². The molecule has 1 heterocycles. The summed E-state index contributed by atoms with van der Waals surface area (Å²) in [6.45, 7) is 0.721. The molecule has 3 rings (SSSR count). The molecule has 1 unspecified atom stereocenters. The molecule has 31 heavy (non-hydrogen) atoms. The fourth-order valence-electron chi connectivity index (χ4n) is 2.96. The van der Waals surface area contributed by atoms with Gasteiger partial charge in [0.2, 0.25) is 0 Å². The van der Waals surface area contributed by atoms with Crippen molar-refractivity contribution in [1.29, 1.82) is 0 Å². The lowest BCUT2D eigenvalue weighted by Gasteiger charge is -2.22. The quantitative estimate of drug-likeness (QED) is 0.366. The second-order valence-electron chi connectivity index (χ2n) is 6.76. The second kappa shape index (κ2) is 8.18. The topological polar surface area (TPSA) is 151 Å². The van der Waals surface area contributed by atoms with E-state index in [0.717, 1.165) is 18.2 Å². The molecule has 12 heteroatoms. The van der Waals surface area contributed by atoms with Crippen molar-refractivity contribution in [2.45, 2.75) is 12.5 Å². The molecule has 3 N–H and O–H groups in total. The Balaban J connectivity index is 1.62. The molecule has 0 bridgehead atoms. The highest BCUT2D eigenvalue weighted by Gasteiger charge is 2.49. The zero-order valence-electron chi connectivity index (χ0n) is 16.0. The van der Waals surface area contributed by atoms with E-state index in [4.69, 9.17) is 0 Å². The van der Waals surface area contributed by atoms with Crippen molar-refractivity contribution in [3.63, 3.8) is 0 Å². The minimum Gasteiger partial charge on any atom is -0.319 e. The number of carbonyl (C=O) groups is 4. The van der Waals surface area contributed by atoms with E-state index in [2.05, 4.69) is 10.7 Å². The van der Waals surface area contributed by atoms with Crippen LogP contribution in [-0.4, -0.2) is 40.1 Å². The average Bonchev–Trinajstić information content (AvgIpc) is 2.96. The van der Waals surface area contributed by atoms with Gasteiger partial charge in [-0.3, -0.25) is 40.2 Å². The van der Waals surface area contributed by atoms with E-state index in [-0.39, 0.29) is 11.3 Å². The van der Waals surface area contributed by atoms with Gasteiger partial charge in [0.15, 0.2) is 0 Å². The van der Waals surface area contributed by atoms with Gasteiger partial charge >= 0.3 is 6.03 Å². The largest absolute Gasteiger partial charge is 0.325 e. The van der Waals surface area contributed by atoms with Crippen LogP contribution in [0.2, 0.25) is 0 Å². The van der Waals surface area contributed by atoms with Gasteiger partial charge in [0, 0.05) is 17.7 Å². The van der Waals surface area contributed by atoms with Crippen molar-refractivity contribution in [3.05, 3.63) is 75.6 Å². The normalized spacial score (nSPS) is 17.8. The smallest absolute Gasteiger partial charge is 0.319 e. The number of carbonyl (C=O) groups excluding carboxylic acids is 4. The van der Waals surface area contributed by atoms with Gasteiger partial charge in [-0.05, 0) is 30.7 Å². The van der Waals surface area contributed by atoms with E-state index < -0.39 is 46.6 Å². The van der Waals surface area contributed by atoms with Crippen LogP contribution in [-0.2, 0) is 15.1 Å². The summed E-state index contributed by atoms with van der Waals surface area (Å²) in [5.74, 6) is -2.96. The molecule has 5 amide bonds. The van der Waals surface area contributed by atoms with E-state index in [1.807, 2.05) is 5.43 Å². The van der Waals surface area contributed by atoms with Crippen molar-refractivity contribution >= 4 is 29.4 Å². The van der Waals surface area contributed by atoms with Gasteiger partial charge in [-0.1, -0.05) is 18.2 Å². The molecule has 1 aliphatic heterocycles. The SMILES string of the molecule is CC1(c2ccc(F)cc2)NC(=O)N(CC(=O)NNC(=O)c2cccc([N+](=O)[O-])c2)C1=O. The van der Waals surface area contributed by atoms with Gasteiger partial charge in [-0.15, -0.1) is 0 Å². The molecular weight excluding hydrogens is 413 g/mol. The lowest BCUT2D eigenvalue weighted by atomic mass is 9.92. The van der Waals surface area contributed by atoms with Crippen molar-refractivity contribution in [3.8, 4) is 0 Å². The number of non-ortho nitro benzene ring substituents is 1. The maximum atomic E-state index is 13.2. The van der Waals surface area contributed by atoms with Crippen LogP contribution < -0.4 is 16.2 Å². The van der Waals surface area contributed by atoms with Crippen LogP contribution in [0.25, 0.3) is 0 Å². The molecule has 11 nitrogen and oxygen atoms in total. The van der Waals surface area contributed by atoms with Gasteiger partial charge in [0.1, 0.15) is 17.9 Å². The number of nitro benzene ring substituents is 1. The summed E-state index contributed by atoms with van der Waals surface area (Å²) in [5, 5.41) is 13.2. The van der Waals surface area contributed by atoms with Crippen LogP contribution in [0.5, 0.6) is 0 Å². The van der Waals surface area contributed by atoms with Crippen LogP contribution in [0, 0.1) is 15.9 Å². The highest BCUT2D eigenvalue weighted by atomic mass is 19.1. The zero-order valence-corrected chi connectivity index (χ0v) is 16.0. The first-order valence-corrected chi connectivity index (χ1v) is 8.85. The number of benzene rings is 2. The molecule has 160 valence electrons. The minimum atomic E-state index is -1.49. The summed E-state index contributed by atoms with van der Waals surface area (Å²) in [6.07, 6.45) is 0. The Morgan fingerprint density at radius 2 is 1.84 bits per heavy atom. The Morgan fingerprint density at radius 1 is 1.16 bits per heavy atom. The predicted molar refractivity (Wildman–Crippen MR) is 103 cm³/mol. The molecule has 2 aromatic rings. The zero-order chi connectivity index (χ0) is 22.8. The Bertz CT molecular complexity index is 1090. The van der Waals surface area contributed by atoms with Crippen LogP contribution in [0.4, 0.5) is 14.9 Å². The molecule has 0 spiro atoms. The monoisotopic (exact) mass is 429 g/mol. The van der Waals surface area contributed by atoms with Gasteiger partial charge in [-0.25, -0.2) is 9.18 Å². The number of imide groups is 1. The molecular formula is C19H16FN5O6. The van der Waals surface area contributed by atoms with Crippen molar-refractivity contribution < 1.29 is 28.5 Å². The first-order valence-electron chi connectivity index (χ1n) is 8.85. The number of nitrogens with one attached hydrogen (secondary N) is 3. The Hall–Kier alpha value is -4.35. The highest BCUT2D eigenvalue weighted by Crippen LogP contribution is 2.28. The predicted octanol–water partition coefficient (Wildman–Crippen LogP) is 0.962. The number of rotatable bonds is 5. The number of halogens is 1. The van der Waals surface area contributed by atoms with Gasteiger partial charge in [-0.2, -0.15) is 0 Å². The molecule has 0 saturated carbocycles. The molecule has 1 aliphatic rings. The Morgan fingerprint density at radius 3 is 2.48 bits per heavy atom. The number of nitrogens with zero attached hydrogens (tertiary/aromatic N) is 2. The number of amides is 5. The first-order chi connectivity index (χ1) is 14.6. The van der Waals surface area contributed by atoms with Crippen molar-refractivity contribution in [2.24, 2.45) is 0 Å². The lowest BCUT2D eigenvalue weighted by molar-refractivity contribution is -0.384. The number of hydrogen-bond acceptors (Lipinski definition) is 6. The standard InChI is InChI=1S/C19H16FN5O6/c1-19(12-5-7-13(20)8-6-12)17(28)24(18(29)21-19)10-15(26)22-23-16(27)11-3-2-4-14(9-11)25(30)31/h2-9H,10H2,1H3,(H,21,29)(H,22,26)(H,23,27). The number of nitro groups is 1. The Kier molecular flexibility index (Phi) is 5.64. The number of hydrazine groups is 1. The maximum absolute atomic E-state index is 13.2. The first kappa shape index (κ1) is 21.4. The van der Waals surface area contributed by atoms with Crippen LogP contribution in [0.15, 0.2) is 48.5 Å². The molecule has 1 atom stereocenters. The molecule has 1 saturated heterocycles. The summed E-state index contributed by atoms with van der Waals surface area (Å²) < 4.78 is 13.2. The molecule has 2 aromatic carbocycles. The highest BCUT2D eigenvalue weighted by molar-refractivity contribution is 6.09. The third-order valence-corrected chi connectivity index (χ3v) is 4.63. The van der Waals surface area contributed by atoms with Crippen LogP contribution >= 0.6 is 0 Å². The van der Waals surface area contributed by atoms with E-state index in [9.17, 15) is 33.7 Å². The molecule has 0 aliphatic carbocycles. The second-order valence-corrected chi connectivity index (χ2v) is 6.76. The van der Waals surface area contributed by atoms with Crippen molar-refractivity contribution in [2.75, 3.05) is 6.54 Å². The average molecular weight is 429 g/mol. The van der Waals surface area contributed by atoms with Gasteiger partial charge < -0.3 is 5.32 Å². The third kappa shape index (κ3) is 4.32. The van der Waals surface area contributed by atoms with Gasteiger partial charge in [0.25, 0.3) is 23.4 Å². The lowest BCUT2D eigenvalue weighted by Crippen LogP contribution is -2.48. The third-order valence-electron chi connectivity index (χ3n) is 4.63. The summed E-state index contributed by atoms with van der Waals surface area (Å²) >= 11 is 0. The minimum absolute atomic E-state index is 0.0756. The summed E-state index contributed by atoms with van der Waals surface area (Å²) in [5.41, 5.74) is 2.55. The van der Waals surface area contributed by atoms with Crippen LogP contribution in [0.3, 0.4) is 0 Å². The summed E-state index contributed by atoms with van der Waals surface area (Å²) in [4.78, 5) is 59.9.